The number of hydrogen-bond acceptors (Lipinski definition) is 9. The van der Waals surface area contributed by atoms with Crippen LogP contribution in [0.25, 0.3) is 0 Å². The van der Waals surface area contributed by atoms with E-state index in [4.69, 9.17) is 9.47 Å². The first-order chi connectivity index (χ1) is 23.3. The van der Waals surface area contributed by atoms with E-state index < -0.39 is 60.1 Å². The van der Waals surface area contributed by atoms with Gasteiger partial charge in [-0.2, -0.15) is 0 Å². The van der Waals surface area contributed by atoms with Crippen molar-refractivity contribution < 1.29 is 39.2 Å². The Kier molecular flexibility index (Phi) is 15.5. The van der Waals surface area contributed by atoms with Gasteiger partial charge in [-0.25, -0.2) is 9.59 Å². The van der Waals surface area contributed by atoms with Gasteiger partial charge in [-0.3, -0.25) is 4.79 Å². The van der Waals surface area contributed by atoms with Gasteiger partial charge < -0.3 is 46.1 Å². The number of aliphatic hydroxyl groups excluding tert-OH is 3. The summed E-state index contributed by atoms with van der Waals surface area (Å²) in [6.45, 7) is 6.56. The minimum atomic E-state index is -1.36. The molecule has 12 heteroatoms. The third-order valence-electron chi connectivity index (χ3n) is 7.51. The van der Waals surface area contributed by atoms with Gasteiger partial charge >= 0.3 is 12.2 Å². The molecular weight excluding hydrogens is 628 g/mol. The van der Waals surface area contributed by atoms with E-state index in [1.807, 2.05) is 66.7 Å². The first-order valence-corrected chi connectivity index (χ1v) is 16.4. The second-order valence-electron chi connectivity index (χ2n) is 13.0. The Morgan fingerprint density at radius 2 is 1.10 bits per heavy atom. The number of alkyl carbamates (subject to hydrolysis) is 2. The molecule has 12 nitrogen and oxygen atoms in total. The van der Waals surface area contributed by atoms with Gasteiger partial charge in [0.25, 0.3) is 0 Å². The maximum atomic E-state index is 13.4. The highest BCUT2D eigenvalue weighted by Gasteiger charge is 2.31. The molecule has 3 aromatic rings. The average Bonchev–Trinajstić information content (AvgIpc) is 3.06. The van der Waals surface area contributed by atoms with Crippen LogP contribution in [0.1, 0.15) is 44.4 Å². The Hall–Kier alpha value is -4.49. The quantitative estimate of drug-likeness (QED) is 0.113. The fourth-order valence-electron chi connectivity index (χ4n) is 4.99. The van der Waals surface area contributed by atoms with Crippen LogP contribution in [0.4, 0.5) is 9.59 Å². The molecule has 6 atom stereocenters. The molecule has 3 aromatic carbocycles. The number of carbonyl (C=O) groups excluding carboxylic acids is 3. The van der Waals surface area contributed by atoms with Gasteiger partial charge in [0, 0.05) is 13.1 Å². The van der Waals surface area contributed by atoms with Gasteiger partial charge in [0.05, 0.1) is 30.4 Å². The highest BCUT2D eigenvalue weighted by Crippen LogP contribution is 2.12. The van der Waals surface area contributed by atoms with Gasteiger partial charge in [-0.1, -0.05) is 91.0 Å². The van der Waals surface area contributed by atoms with Crippen LogP contribution in [0.15, 0.2) is 91.0 Å². The number of rotatable bonds is 17. The Morgan fingerprint density at radius 3 is 1.55 bits per heavy atom. The van der Waals surface area contributed by atoms with Crippen LogP contribution in [0, 0.1) is 0 Å². The van der Waals surface area contributed by atoms with Crippen molar-refractivity contribution in [2.24, 2.45) is 0 Å². The minimum Gasteiger partial charge on any atom is -0.445 e. The summed E-state index contributed by atoms with van der Waals surface area (Å²) in [5.41, 5.74) is 1.77. The lowest BCUT2D eigenvalue weighted by Crippen LogP contribution is -2.58. The molecule has 3 amide bonds. The van der Waals surface area contributed by atoms with Crippen molar-refractivity contribution in [3.8, 4) is 0 Å². The lowest BCUT2D eigenvalue weighted by molar-refractivity contribution is -0.127. The fourth-order valence-corrected chi connectivity index (χ4v) is 4.99. The lowest BCUT2D eigenvalue weighted by atomic mass is 9.99. The van der Waals surface area contributed by atoms with Gasteiger partial charge in [-0.05, 0) is 57.2 Å². The van der Waals surface area contributed by atoms with E-state index in [1.54, 1.807) is 45.0 Å². The van der Waals surface area contributed by atoms with E-state index in [1.165, 1.54) is 6.92 Å². The smallest absolute Gasteiger partial charge is 0.408 e. The Balaban J connectivity index is 1.64. The summed E-state index contributed by atoms with van der Waals surface area (Å²) < 4.78 is 10.6. The molecule has 0 aliphatic heterocycles. The summed E-state index contributed by atoms with van der Waals surface area (Å²) in [5.74, 6) is -0.712. The highest BCUT2D eigenvalue weighted by atomic mass is 16.6. The molecule has 0 radical (unpaired) electrons. The van der Waals surface area contributed by atoms with Crippen molar-refractivity contribution in [2.45, 2.75) is 89.2 Å². The molecular formula is C37H50N4O8. The van der Waals surface area contributed by atoms with Crippen LogP contribution in [0.3, 0.4) is 0 Å². The van der Waals surface area contributed by atoms with Gasteiger partial charge in [0.1, 0.15) is 18.2 Å². The second kappa shape index (κ2) is 19.5. The maximum Gasteiger partial charge on any atom is 0.408 e. The van der Waals surface area contributed by atoms with Gasteiger partial charge in [-0.15, -0.1) is 0 Å². The van der Waals surface area contributed by atoms with Crippen molar-refractivity contribution in [3.63, 3.8) is 0 Å². The number of hydrogen-bond donors (Lipinski definition) is 7. The zero-order valence-electron chi connectivity index (χ0n) is 28.5. The van der Waals surface area contributed by atoms with E-state index in [9.17, 15) is 29.7 Å². The van der Waals surface area contributed by atoms with Crippen molar-refractivity contribution >= 4 is 18.1 Å². The van der Waals surface area contributed by atoms with Crippen LogP contribution in [0.5, 0.6) is 0 Å². The SMILES string of the molecule is C[C@H](O)[C@H](NC(=O)OCc1ccccc1)C(=O)N[C@@H](Cc1ccccc1)[C@H](O)CNC[C@@H](O)[C@H](Cc1ccccc1)NC(=O)OC(C)(C)C. The molecule has 7 N–H and O–H groups in total. The molecule has 0 saturated heterocycles. The highest BCUT2D eigenvalue weighted by molar-refractivity contribution is 5.86. The average molecular weight is 679 g/mol. The summed E-state index contributed by atoms with van der Waals surface area (Å²) in [6.07, 6.45) is -4.46. The van der Waals surface area contributed by atoms with Gasteiger partial charge in [0.15, 0.2) is 0 Å². The minimum absolute atomic E-state index is 0.00146. The van der Waals surface area contributed by atoms with E-state index in [0.29, 0.717) is 6.42 Å². The molecule has 3 rings (SSSR count). The number of carbonyl (C=O) groups is 3. The number of ether oxygens (including phenoxy) is 2. The Labute approximate surface area is 288 Å². The van der Waals surface area contributed by atoms with E-state index >= 15 is 0 Å². The molecule has 0 bridgehead atoms. The molecule has 0 aliphatic carbocycles. The molecule has 0 saturated carbocycles. The fraction of sp³-hybridized carbons (Fsp3) is 0.432. The van der Waals surface area contributed by atoms with E-state index in [-0.39, 0.29) is 26.1 Å². The molecule has 0 unspecified atom stereocenters. The third-order valence-corrected chi connectivity index (χ3v) is 7.51. The molecule has 266 valence electrons. The molecule has 0 aliphatic rings. The van der Waals surface area contributed by atoms with Crippen molar-refractivity contribution in [3.05, 3.63) is 108 Å². The first-order valence-electron chi connectivity index (χ1n) is 16.4. The number of benzene rings is 3. The Morgan fingerprint density at radius 1 is 0.653 bits per heavy atom. The summed E-state index contributed by atoms with van der Waals surface area (Å²) >= 11 is 0. The summed E-state index contributed by atoms with van der Waals surface area (Å²) in [5, 5.41) is 43.8. The topological polar surface area (TPSA) is 178 Å². The monoisotopic (exact) mass is 678 g/mol. The van der Waals surface area contributed by atoms with Crippen molar-refractivity contribution in [2.75, 3.05) is 13.1 Å². The van der Waals surface area contributed by atoms with Crippen molar-refractivity contribution in [1.82, 2.24) is 21.3 Å². The zero-order valence-corrected chi connectivity index (χ0v) is 28.5. The molecule has 0 spiro atoms. The number of amides is 3. The van der Waals surface area contributed by atoms with Crippen LogP contribution < -0.4 is 21.3 Å². The summed E-state index contributed by atoms with van der Waals surface area (Å²) in [4.78, 5) is 38.5. The normalized spacial score (nSPS) is 15.1. The largest absolute Gasteiger partial charge is 0.445 e. The van der Waals surface area contributed by atoms with Crippen LogP contribution in [0.2, 0.25) is 0 Å². The van der Waals surface area contributed by atoms with E-state index in [2.05, 4.69) is 21.3 Å². The lowest BCUT2D eigenvalue weighted by Gasteiger charge is -2.29. The molecule has 0 aromatic heterocycles. The predicted molar refractivity (Wildman–Crippen MR) is 185 cm³/mol. The van der Waals surface area contributed by atoms with Crippen LogP contribution >= 0.6 is 0 Å². The third kappa shape index (κ3) is 14.7. The van der Waals surface area contributed by atoms with Crippen LogP contribution in [-0.4, -0.2) is 88.5 Å². The molecule has 49 heavy (non-hydrogen) atoms. The second-order valence-corrected chi connectivity index (χ2v) is 13.0. The molecule has 0 heterocycles. The Bertz CT molecular complexity index is 1420. The van der Waals surface area contributed by atoms with Crippen LogP contribution in [-0.2, 0) is 33.7 Å². The molecule has 0 fully saturated rings. The van der Waals surface area contributed by atoms with E-state index in [0.717, 1.165) is 16.7 Å². The predicted octanol–water partition coefficient (Wildman–Crippen LogP) is 2.84. The number of nitrogens with one attached hydrogen (secondary N) is 4. The maximum absolute atomic E-state index is 13.4. The number of aliphatic hydroxyl groups is 3. The zero-order chi connectivity index (χ0) is 35.8. The van der Waals surface area contributed by atoms with Crippen molar-refractivity contribution in [1.29, 1.82) is 0 Å². The summed E-state index contributed by atoms with van der Waals surface area (Å²) in [7, 11) is 0. The summed E-state index contributed by atoms with van der Waals surface area (Å²) in [6, 6.07) is 24.7. The van der Waals surface area contributed by atoms with Gasteiger partial charge in [0.2, 0.25) is 5.91 Å². The standard InChI is InChI=1S/C37H50N4O8/c1-25(42)33(41-35(46)48-24-28-18-12-7-13-19-28)34(45)39-29(20-26-14-8-5-9-15-26)31(43)22-38-23-32(44)30(21-27-16-10-6-11-17-27)40-36(47)49-37(2,3)4/h5-19,25,29-33,38,42-44H,20-24H2,1-4H3,(H,39,45)(H,40,47)(H,41,46)/t25-,29-,30-,31+,32+,33-/m0/s1. The first kappa shape index (κ1) is 39.0.